The van der Waals surface area contributed by atoms with Gasteiger partial charge in [0.2, 0.25) is 0 Å². The average molecular weight is 445 g/mol. The minimum Gasteiger partial charge on any atom is -0.482 e. The number of rotatable bonds is 9. The molecule has 1 aromatic rings. The summed E-state index contributed by atoms with van der Waals surface area (Å²) in [5.41, 5.74) is 0.649. The summed E-state index contributed by atoms with van der Waals surface area (Å²) in [5, 5.41) is 0. The van der Waals surface area contributed by atoms with Crippen molar-refractivity contribution in [3.63, 3.8) is 0 Å². The minimum absolute atomic E-state index is 0.173. The smallest absolute Gasteiger partial charge is 0.272 e. The fourth-order valence-corrected chi connectivity index (χ4v) is 9.13. The van der Waals surface area contributed by atoms with E-state index in [2.05, 4.69) is 11.7 Å². The van der Waals surface area contributed by atoms with Crippen LogP contribution in [0.2, 0.25) is 18.1 Å². The van der Waals surface area contributed by atoms with E-state index in [1.807, 2.05) is 0 Å². The Labute approximate surface area is 180 Å². The fraction of sp³-hybridized carbons (Fsp3) is 0.750. The first-order valence-electron chi connectivity index (χ1n) is 11.9. The molecule has 170 valence electrons. The summed E-state index contributed by atoms with van der Waals surface area (Å²) in [6.07, 6.45) is 8.99. The Morgan fingerprint density at radius 2 is 1.50 bits per heavy atom. The van der Waals surface area contributed by atoms with Crippen LogP contribution in [0.1, 0.15) is 76.2 Å². The maximum absolute atomic E-state index is 14.2. The van der Waals surface area contributed by atoms with E-state index in [1.165, 1.54) is 75.2 Å². The standard InChI is InChI=1S/C24H36F4OSi/c1-2-3-17-4-6-18(7-5-17)8-11-30-12-9-19(10-13-30)20-14-21(25)24(22(26)15-20)29-16-23(27)28/h14-15,17-19,23,30H,2-13,16H2,1H3/t17-,18-,19?,30?. The van der Waals surface area contributed by atoms with Crippen LogP contribution in [-0.4, -0.2) is 21.8 Å². The number of ether oxygens (including phenoxy) is 1. The van der Waals surface area contributed by atoms with Gasteiger partial charge in [0.15, 0.2) is 17.4 Å². The first kappa shape index (κ1) is 23.6. The number of alkyl halides is 2. The molecule has 3 rings (SSSR count). The molecule has 0 atom stereocenters. The van der Waals surface area contributed by atoms with Gasteiger partial charge in [0.05, 0.1) is 0 Å². The molecule has 1 aliphatic heterocycles. The first-order valence-corrected chi connectivity index (χ1v) is 14.3. The highest BCUT2D eigenvalue weighted by Crippen LogP contribution is 2.39. The molecule has 0 unspecified atom stereocenters. The third kappa shape index (κ3) is 6.73. The number of halogens is 4. The summed E-state index contributed by atoms with van der Waals surface area (Å²) in [5.74, 6) is -0.367. The molecule has 0 N–H and O–H groups in total. The molecular weight excluding hydrogens is 408 g/mol. The molecule has 1 aliphatic carbocycles. The van der Waals surface area contributed by atoms with Crippen LogP contribution < -0.4 is 4.74 Å². The van der Waals surface area contributed by atoms with Gasteiger partial charge in [-0.3, -0.25) is 0 Å². The normalized spacial score (nSPS) is 27.4. The number of hydrogen-bond acceptors (Lipinski definition) is 1. The lowest BCUT2D eigenvalue weighted by atomic mass is 9.79. The van der Waals surface area contributed by atoms with Gasteiger partial charge in [0.1, 0.15) is 6.61 Å². The van der Waals surface area contributed by atoms with Crippen molar-refractivity contribution in [2.75, 3.05) is 6.61 Å². The Morgan fingerprint density at radius 3 is 2.03 bits per heavy atom. The summed E-state index contributed by atoms with van der Waals surface area (Å²) in [7, 11) is -0.741. The molecular formula is C24H36F4OSi. The number of hydrogen-bond donors (Lipinski definition) is 0. The van der Waals surface area contributed by atoms with E-state index in [0.29, 0.717) is 5.56 Å². The predicted molar refractivity (Wildman–Crippen MR) is 116 cm³/mol. The summed E-state index contributed by atoms with van der Waals surface area (Å²) in [6.45, 7) is 1.29. The molecule has 0 bridgehead atoms. The van der Waals surface area contributed by atoms with Gasteiger partial charge >= 0.3 is 0 Å². The van der Waals surface area contributed by atoms with Crippen molar-refractivity contribution in [2.24, 2.45) is 11.8 Å². The fourth-order valence-electron chi connectivity index (χ4n) is 5.57. The Balaban J connectivity index is 1.43. The summed E-state index contributed by atoms with van der Waals surface area (Å²) < 4.78 is 57.5. The monoisotopic (exact) mass is 444 g/mol. The van der Waals surface area contributed by atoms with Gasteiger partial charge in [0, 0.05) is 8.80 Å². The molecule has 6 heteroatoms. The third-order valence-corrected chi connectivity index (χ3v) is 10.8. The molecule has 0 amide bonds. The van der Waals surface area contributed by atoms with Gasteiger partial charge in [-0.2, -0.15) is 0 Å². The van der Waals surface area contributed by atoms with Crippen molar-refractivity contribution in [1.82, 2.24) is 0 Å². The van der Waals surface area contributed by atoms with Gasteiger partial charge in [-0.1, -0.05) is 70.0 Å². The minimum atomic E-state index is -2.75. The maximum Gasteiger partial charge on any atom is 0.272 e. The summed E-state index contributed by atoms with van der Waals surface area (Å²) in [4.78, 5) is 0. The lowest BCUT2D eigenvalue weighted by molar-refractivity contribution is 0.0777. The van der Waals surface area contributed by atoms with E-state index in [4.69, 9.17) is 0 Å². The molecule has 1 heterocycles. The topological polar surface area (TPSA) is 9.23 Å². The molecule has 0 aromatic heterocycles. The molecule has 2 aliphatic rings. The first-order chi connectivity index (χ1) is 14.5. The van der Waals surface area contributed by atoms with Crippen LogP contribution in [0, 0.1) is 23.5 Å². The molecule has 0 radical (unpaired) electrons. The van der Waals surface area contributed by atoms with E-state index in [0.717, 1.165) is 24.7 Å². The second kappa shape index (κ2) is 11.5. The Hall–Kier alpha value is -1.04. The lowest BCUT2D eigenvalue weighted by Gasteiger charge is -2.31. The van der Waals surface area contributed by atoms with Gasteiger partial charge in [-0.05, 0) is 48.3 Å². The average Bonchev–Trinajstić information content (AvgIpc) is 2.73. The van der Waals surface area contributed by atoms with Crippen molar-refractivity contribution in [2.45, 2.75) is 95.2 Å². The van der Waals surface area contributed by atoms with Gasteiger partial charge < -0.3 is 4.74 Å². The molecule has 0 spiro atoms. The van der Waals surface area contributed by atoms with Crippen molar-refractivity contribution in [3.8, 4) is 5.75 Å². The van der Waals surface area contributed by atoms with Crippen LogP contribution in [0.15, 0.2) is 12.1 Å². The molecule has 1 saturated carbocycles. The van der Waals surface area contributed by atoms with Crippen molar-refractivity contribution < 1.29 is 22.3 Å². The molecule has 1 nitrogen and oxygen atoms in total. The van der Waals surface area contributed by atoms with Gasteiger partial charge in [0.25, 0.3) is 6.43 Å². The van der Waals surface area contributed by atoms with Crippen LogP contribution >= 0.6 is 0 Å². The van der Waals surface area contributed by atoms with Crippen LogP contribution in [0.3, 0.4) is 0 Å². The summed E-state index contributed by atoms with van der Waals surface area (Å²) in [6, 6.07) is 6.46. The Bertz CT molecular complexity index is 630. The zero-order valence-corrected chi connectivity index (χ0v) is 19.3. The second-order valence-corrected chi connectivity index (χ2v) is 13.0. The van der Waals surface area contributed by atoms with Crippen LogP contribution in [0.4, 0.5) is 17.6 Å². The van der Waals surface area contributed by atoms with Gasteiger partial charge in [-0.25, -0.2) is 17.6 Å². The highest BCUT2D eigenvalue weighted by Gasteiger charge is 2.27. The molecule has 1 aromatic carbocycles. The zero-order valence-electron chi connectivity index (χ0n) is 18.2. The van der Waals surface area contributed by atoms with Crippen molar-refractivity contribution in [1.29, 1.82) is 0 Å². The van der Waals surface area contributed by atoms with Crippen molar-refractivity contribution >= 4 is 8.80 Å². The predicted octanol–water partition coefficient (Wildman–Crippen LogP) is 7.71. The third-order valence-electron chi connectivity index (χ3n) is 7.34. The molecule has 2 fully saturated rings. The maximum atomic E-state index is 14.2. The van der Waals surface area contributed by atoms with E-state index >= 15 is 0 Å². The SMILES string of the molecule is CCC[C@H]1CC[C@H](CC[SiH]2CCC(c3cc(F)c(OCC(F)F)c(F)c3)CC2)CC1. The van der Waals surface area contributed by atoms with Crippen LogP contribution in [0.25, 0.3) is 0 Å². The van der Waals surface area contributed by atoms with E-state index in [-0.39, 0.29) is 5.92 Å². The van der Waals surface area contributed by atoms with E-state index in [9.17, 15) is 17.6 Å². The summed E-state index contributed by atoms with van der Waals surface area (Å²) >= 11 is 0. The molecule has 1 saturated heterocycles. The Morgan fingerprint density at radius 1 is 0.933 bits per heavy atom. The van der Waals surface area contributed by atoms with E-state index in [1.54, 1.807) is 0 Å². The van der Waals surface area contributed by atoms with Crippen molar-refractivity contribution in [3.05, 3.63) is 29.3 Å². The largest absolute Gasteiger partial charge is 0.482 e. The lowest BCUT2D eigenvalue weighted by Crippen LogP contribution is -2.22. The molecule has 30 heavy (non-hydrogen) atoms. The van der Waals surface area contributed by atoms with E-state index < -0.39 is 39.2 Å². The quantitative estimate of drug-likeness (QED) is 0.280. The number of benzene rings is 1. The Kier molecular flexibility index (Phi) is 9.08. The van der Waals surface area contributed by atoms with Gasteiger partial charge in [-0.15, -0.1) is 0 Å². The van der Waals surface area contributed by atoms with Crippen LogP contribution in [0.5, 0.6) is 5.75 Å². The second-order valence-electron chi connectivity index (χ2n) is 9.49. The highest BCUT2D eigenvalue weighted by molar-refractivity contribution is 6.59. The highest BCUT2D eigenvalue weighted by atomic mass is 28.3. The zero-order chi connectivity index (χ0) is 21.5. The van der Waals surface area contributed by atoms with Crippen LogP contribution in [-0.2, 0) is 0 Å².